The van der Waals surface area contributed by atoms with Gasteiger partial charge in [-0.15, -0.1) is 0 Å². The highest BCUT2D eigenvalue weighted by Crippen LogP contribution is 2.33. The molecule has 10 heteroatoms. The molecule has 0 bridgehead atoms. The molecule has 2 aromatic rings. The molecule has 1 N–H and O–H groups in total. The Kier molecular flexibility index (Phi) is 4.67. The molecule has 3 nitrogen and oxygen atoms in total. The fraction of sp³-hybridized carbons (Fsp3) is 0.0769. The number of halogens is 6. The number of alkyl halides is 3. The normalized spacial score (nSPS) is 12.3. The Labute approximate surface area is 136 Å². The first-order chi connectivity index (χ1) is 10.5. The first-order valence-corrected chi connectivity index (χ1v) is 8.12. The minimum absolute atomic E-state index is 0.118. The fourth-order valence-corrected chi connectivity index (χ4v) is 3.44. The molecule has 2 rings (SSSR count). The average molecular weight is 416 g/mol. The summed E-state index contributed by atoms with van der Waals surface area (Å²) in [5.74, 6) is -2.12. The molecule has 2 aromatic carbocycles. The molecule has 0 aliphatic carbocycles. The Morgan fingerprint density at radius 3 is 2.22 bits per heavy atom. The van der Waals surface area contributed by atoms with E-state index in [4.69, 9.17) is 0 Å². The zero-order chi connectivity index (χ0) is 17.4. The van der Waals surface area contributed by atoms with E-state index in [0.29, 0.717) is 18.2 Å². The van der Waals surface area contributed by atoms with Crippen LogP contribution in [0, 0.1) is 11.6 Å². The fourth-order valence-electron chi connectivity index (χ4n) is 1.66. The van der Waals surface area contributed by atoms with Gasteiger partial charge in [0.05, 0.1) is 16.1 Å². The van der Waals surface area contributed by atoms with Gasteiger partial charge in [-0.25, -0.2) is 17.2 Å². The van der Waals surface area contributed by atoms with Gasteiger partial charge in [0.1, 0.15) is 11.6 Å². The van der Waals surface area contributed by atoms with Crippen molar-refractivity contribution in [3.8, 4) is 0 Å². The van der Waals surface area contributed by atoms with Gasteiger partial charge < -0.3 is 0 Å². The predicted molar refractivity (Wildman–Crippen MR) is 76.3 cm³/mol. The zero-order valence-electron chi connectivity index (χ0n) is 11.0. The molecular formula is C13H7BrF5NO2S. The molecule has 0 saturated carbocycles. The Hall–Kier alpha value is -1.68. The van der Waals surface area contributed by atoms with Gasteiger partial charge in [0, 0.05) is 10.5 Å². The number of nitrogens with one attached hydrogen (secondary N) is 1. The maximum atomic E-state index is 13.5. The van der Waals surface area contributed by atoms with E-state index in [2.05, 4.69) is 15.9 Å². The summed E-state index contributed by atoms with van der Waals surface area (Å²) in [7, 11) is -4.50. The maximum absolute atomic E-state index is 13.5. The topological polar surface area (TPSA) is 46.2 Å². The summed E-state index contributed by atoms with van der Waals surface area (Å²) >= 11 is 2.79. The van der Waals surface area contributed by atoms with E-state index in [1.807, 2.05) is 0 Å². The third kappa shape index (κ3) is 4.20. The lowest BCUT2D eigenvalue weighted by atomic mass is 10.2. The van der Waals surface area contributed by atoms with E-state index in [9.17, 15) is 30.4 Å². The smallest absolute Gasteiger partial charge is 0.277 e. The molecule has 23 heavy (non-hydrogen) atoms. The molecule has 0 radical (unpaired) electrons. The highest BCUT2D eigenvalue weighted by atomic mass is 79.9. The number of hydrogen-bond donors (Lipinski definition) is 1. The molecule has 0 aliphatic rings. The summed E-state index contributed by atoms with van der Waals surface area (Å²) in [5.41, 5.74) is -1.77. The Morgan fingerprint density at radius 1 is 1.00 bits per heavy atom. The second-order valence-electron chi connectivity index (χ2n) is 4.40. The summed E-state index contributed by atoms with van der Waals surface area (Å²) in [6.45, 7) is 0. The minimum atomic E-state index is -4.75. The van der Waals surface area contributed by atoms with Gasteiger partial charge >= 0.3 is 6.18 Å². The first kappa shape index (κ1) is 17.7. The van der Waals surface area contributed by atoms with Crippen LogP contribution in [0.5, 0.6) is 0 Å². The molecule has 0 unspecified atom stereocenters. The average Bonchev–Trinajstić information content (AvgIpc) is 2.40. The molecule has 0 heterocycles. The molecule has 0 aromatic heterocycles. The summed E-state index contributed by atoms with van der Waals surface area (Å²) in [4.78, 5) is -0.720. The van der Waals surface area contributed by atoms with Gasteiger partial charge in [-0.3, -0.25) is 4.72 Å². The van der Waals surface area contributed by atoms with Crippen molar-refractivity contribution in [3.05, 3.63) is 58.1 Å². The monoisotopic (exact) mass is 415 g/mol. The first-order valence-electron chi connectivity index (χ1n) is 5.85. The van der Waals surface area contributed by atoms with Crippen LogP contribution in [-0.2, 0) is 16.2 Å². The second-order valence-corrected chi connectivity index (χ2v) is 7.00. The van der Waals surface area contributed by atoms with Crippen LogP contribution in [0.4, 0.5) is 27.6 Å². The van der Waals surface area contributed by atoms with Gasteiger partial charge in [0.15, 0.2) is 0 Å². The largest absolute Gasteiger partial charge is 0.416 e. The van der Waals surface area contributed by atoms with Crippen molar-refractivity contribution in [1.29, 1.82) is 0 Å². The van der Waals surface area contributed by atoms with Crippen molar-refractivity contribution in [3.63, 3.8) is 0 Å². The molecule has 0 atom stereocenters. The highest BCUT2D eigenvalue weighted by molar-refractivity contribution is 9.10. The maximum Gasteiger partial charge on any atom is 0.416 e. The van der Waals surface area contributed by atoms with Crippen LogP contribution in [-0.4, -0.2) is 8.42 Å². The zero-order valence-corrected chi connectivity index (χ0v) is 13.4. The van der Waals surface area contributed by atoms with E-state index >= 15 is 0 Å². The van der Waals surface area contributed by atoms with Crippen molar-refractivity contribution in [2.45, 2.75) is 11.1 Å². The summed E-state index contributed by atoms with van der Waals surface area (Å²) in [5, 5.41) is 0. The van der Waals surface area contributed by atoms with Crippen molar-refractivity contribution >= 4 is 31.6 Å². The summed E-state index contributed by atoms with van der Waals surface area (Å²) in [6.07, 6.45) is -4.75. The molecule has 0 amide bonds. The summed E-state index contributed by atoms with van der Waals surface area (Å²) in [6, 6.07) is 4.12. The molecule has 0 aliphatic heterocycles. The van der Waals surface area contributed by atoms with E-state index in [-0.39, 0.29) is 4.47 Å². The van der Waals surface area contributed by atoms with Crippen molar-refractivity contribution in [2.24, 2.45) is 0 Å². The SMILES string of the molecule is O=S(=O)(Nc1ccc(F)cc1F)c1cc(Br)cc(C(F)(F)F)c1. The standard InChI is InChI=1S/C13H7BrF5NO2S/c14-8-3-7(13(17,18)19)4-10(5-8)23(21,22)20-12-2-1-9(15)6-11(12)16/h1-6,20H. The van der Waals surface area contributed by atoms with Crippen LogP contribution in [0.15, 0.2) is 45.8 Å². The van der Waals surface area contributed by atoms with Crippen molar-refractivity contribution < 1.29 is 30.4 Å². The number of hydrogen-bond acceptors (Lipinski definition) is 2. The molecule has 0 fully saturated rings. The van der Waals surface area contributed by atoms with Crippen LogP contribution in [0.2, 0.25) is 0 Å². The van der Waals surface area contributed by atoms with Crippen LogP contribution in [0.25, 0.3) is 0 Å². The van der Waals surface area contributed by atoms with Crippen molar-refractivity contribution in [1.82, 2.24) is 0 Å². The van der Waals surface area contributed by atoms with Gasteiger partial charge in [-0.1, -0.05) is 15.9 Å². The lowest BCUT2D eigenvalue weighted by Crippen LogP contribution is -2.15. The lowest BCUT2D eigenvalue weighted by molar-refractivity contribution is -0.137. The summed E-state index contributed by atoms with van der Waals surface area (Å²) < 4.78 is 90.4. The van der Waals surface area contributed by atoms with Crippen molar-refractivity contribution in [2.75, 3.05) is 4.72 Å². The van der Waals surface area contributed by atoms with Crippen LogP contribution < -0.4 is 4.72 Å². The van der Waals surface area contributed by atoms with E-state index in [1.165, 1.54) is 0 Å². The quantitative estimate of drug-likeness (QED) is 0.747. The van der Waals surface area contributed by atoms with Gasteiger partial charge in [0.2, 0.25) is 0 Å². The Bertz CT molecular complexity index is 852. The number of benzene rings is 2. The molecule has 0 spiro atoms. The minimum Gasteiger partial charge on any atom is -0.277 e. The Balaban J connectivity index is 2.46. The highest BCUT2D eigenvalue weighted by Gasteiger charge is 2.32. The van der Waals surface area contributed by atoms with E-state index in [1.54, 1.807) is 4.72 Å². The van der Waals surface area contributed by atoms with E-state index in [0.717, 1.165) is 18.2 Å². The van der Waals surface area contributed by atoms with Gasteiger partial charge in [0.25, 0.3) is 10.0 Å². The van der Waals surface area contributed by atoms with Crippen LogP contribution in [0.1, 0.15) is 5.56 Å². The number of rotatable bonds is 3. The third-order valence-electron chi connectivity index (χ3n) is 2.68. The molecular weight excluding hydrogens is 409 g/mol. The van der Waals surface area contributed by atoms with Gasteiger partial charge in [-0.2, -0.15) is 13.2 Å². The van der Waals surface area contributed by atoms with Gasteiger partial charge in [-0.05, 0) is 30.3 Å². The van der Waals surface area contributed by atoms with Crippen LogP contribution >= 0.6 is 15.9 Å². The number of anilines is 1. The molecule has 0 saturated heterocycles. The third-order valence-corrected chi connectivity index (χ3v) is 4.49. The lowest BCUT2D eigenvalue weighted by Gasteiger charge is -2.12. The molecule has 124 valence electrons. The predicted octanol–water partition coefficient (Wildman–Crippen LogP) is 4.55. The number of sulfonamides is 1. The van der Waals surface area contributed by atoms with Crippen LogP contribution in [0.3, 0.4) is 0 Å². The second kappa shape index (κ2) is 6.08. The Morgan fingerprint density at radius 2 is 1.65 bits per heavy atom. The van der Waals surface area contributed by atoms with E-state index < -0.39 is 44.0 Å².